The van der Waals surface area contributed by atoms with E-state index in [0.717, 1.165) is 45.0 Å². The predicted molar refractivity (Wildman–Crippen MR) is 224 cm³/mol. The van der Waals surface area contributed by atoms with E-state index >= 15 is 0 Å². The molecule has 0 radical (unpaired) electrons. The lowest BCUT2D eigenvalue weighted by molar-refractivity contribution is 1.18. The number of aryl methyl sites for hydroxylation is 1. The molecular weight excluding hydrogens is 659 g/mol. The van der Waals surface area contributed by atoms with Crippen LogP contribution in [0.25, 0.3) is 56.2 Å². The van der Waals surface area contributed by atoms with E-state index in [9.17, 15) is 0 Å². The average Bonchev–Trinajstić information content (AvgIpc) is 3.25. The molecule has 5 nitrogen and oxygen atoms in total. The van der Waals surface area contributed by atoms with Crippen molar-refractivity contribution >= 4 is 11.7 Å². The van der Waals surface area contributed by atoms with Gasteiger partial charge in [-0.25, -0.2) is 15.0 Å². The Labute approximate surface area is 316 Å². The standard InChI is InChI=1S/C35H26N2.C14H13N3/c1-25-10-8-9-15-32(25)28-18-20-30(21-19-28)34-24-33(29-13-6-3-7-14-29)36-35(37-34)31-22-16-27(17-23-31)26-11-4-2-5-12-26;15-13(11-7-3-1-4-8-11)17-14(16)12-9-5-2-6-10-12/h2-24H,1H3;1-10H,(H3,15,16,17). The largest absolute Gasteiger partial charge is 0.383 e. The van der Waals surface area contributed by atoms with Crippen molar-refractivity contribution in [1.29, 1.82) is 5.41 Å². The number of benzene rings is 7. The maximum Gasteiger partial charge on any atom is 0.160 e. The van der Waals surface area contributed by atoms with Crippen molar-refractivity contribution in [3.05, 3.63) is 217 Å². The molecule has 0 aliphatic heterocycles. The molecule has 0 saturated heterocycles. The monoisotopic (exact) mass is 697 g/mol. The van der Waals surface area contributed by atoms with Crippen LogP contribution in [0.3, 0.4) is 0 Å². The van der Waals surface area contributed by atoms with Crippen molar-refractivity contribution in [3.8, 4) is 56.2 Å². The third kappa shape index (κ3) is 8.61. The molecule has 5 heteroatoms. The molecule has 0 atom stereocenters. The fourth-order valence-electron chi connectivity index (χ4n) is 6.10. The maximum atomic E-state index is 7.84. The number of hydrogen-bond acceptors (Lipinski definition) is 3. The van der Waals surface area contributed by atoms with E-state index in [1.54, 1.807) is 0 Å². The molecule has 0 saturated carbocycles. The highest BCUT2D eigenvalue weighted by atomic mass is 14.9. The summed E-state index contributed by atoms with van der Waals surface area (Å²) < 4.78 is 0. The van der Waals surface area contributed by atoms with E-state index in [0.29, 0.717) is 5.84 Å². The number of nitrogens with one attached hydrogen (secondary N) is 1. The van der Waals surface area contributed by atoms with E-state index in [2.05, 4.69) is 127 Å². The lowest BCUT2D eigenvalue weighted by Crippen LogP contribution is -2.15. The van der Waals surface area contributed by atoms with Crippen LogP contribution in [-0.4, -0.2) is 21.6 Å². The van der Waals surface area contributed by atoms with Gasteiger partial charge in [-0.05, 0) is 40.8 Å². The third-order valence-electron chi connectivity index (χ3n) is 9.03. The molecule has 260 valence electrons. The highest BCUT2D eigenvalue weighted by molar-refractivity contribution is 6.09. The van der Waals surface area contributed by atoms with Gasteiger partial charge in [0.1, 0.15) is 5.84 Å². The molecule has 1 aromatic heterocycles. The second-order valence-electron chi connectivity index (χ2n) is 12.7. The van der Waals surface area contributed by atoms with Crippen LogP contribution in [0.2, 0.25) is 0 Å². The first kappa shape index (κ1) is 35.2. The van der Waals surface area contributed by atoms with E-state index < -0.39 is 0 Å². The number of amidine groups is 2. The Balaban J connectivity index is 0.000000222. The van der Waals surface area contributed by atoms with Gasteiger partial charge in [0.15, 0.2) is 11.7 Å². The van der Waals surface area contributed by atoms with Crippen LogP contribution in [0.1, 0.15) is 16.7 Å². The Morgan fingerprint density at radius 3 is 1.43 bits per heavy atom. The molecule has 0 amide bonds. The smallest absolute Gasteiger partial charge is 0.160 e. The first-order valence-electron chi connectivity index (χ1n) is 17.8. The fraction of sp³-hybridized carbons (Fsp3) is 0.0204. The van der Waals surface area contributed by atoms with Gasteiger partial charge in [0.25, 0.3) is 0 Å². The third-order valence-corrected chi connectivity index (χ3v) is 9.03. The molecule has 0 aliphatic rings. The second-order valence-corrected chi connectivity index (χ2v) is 12.7. The first-order chi connectivity index (χ1) is 26.5. The molecule has 7 aromatic carbocycles. The fourth-order valence-corrected chi connectivity index (χ4v) is 6.10. The highest BCUT2D eigenvalue weighted by Crippen LogP contribution is 2.31. The zero-order valence-electron chi connectivity index (χ0n) is 30.0. The number of hydrogen-bond donors (Lipinski definition) is 2. The summed E-state index contributed by atoms with van der Waals surface area (Å²) in [5.74, 6) is 1.25. The van der Waals surface area contributed by atoms with Crippen LogP contribution in [-0.2, 0) is 0 Å². The Morgan fingerprint density at radius 1 is 0.444 bits per heavy atom. The summed E-state index contributed by atoms with van der Waals surface area (Å²) in [7, 11) is 0. The topological polar surface area (TPSA) is 88.0 Å². The Bertz CT molecular complexity index is 2480. The van der Waals surface area contributed by atoms with E-state index in [1.165, 1.54) is 27.8 Å². The summed E-state index contributed by atoms with van der Waals surface area (Å²) in [5, 5.41) is 7.84. The van der Waals surface area contributed by atoms with Crippen molar-refractivity contribution in [3.63, 3.8) is 0 Å². The van der Waals surface area contributed by atoms with Gasteiger partial charge in [-0.3, -0.25) is 5.41 Å². The summed E-state index contributed by atoms with van der Waals surface area (Å²) in [6.45, 7) is 2.15. The molecular formula is C49H39N5. The summed E-state index contributed by atoms with van der Waals surface area (Å²) in [5.41, 5.74) is 18.5. The van der Waals surface area contributed by atoms with Gasteiger partial charge in [-0.2, -0.15) is 0 Å². The van der Waals surface area contributed by atoms with Crippen molar-refractivity contribution in [2.75, 3.05) is 0 Å². The van der Waals surface area contributed by atoms with Gasteiger partial charge >= 0.3 is 0 Å². The molecule has 0 aliphatic carbocycles. The molecule has 0 bridgehead atoms. The molecule has 0 fully saturated rings. The Morgan fingerprint density at radius 2 is 0.852 bits per heavy atom. The van der Waals surface area contributed by atoms with Crippen LogP contribution in [0.15, 0.2) is 205 Å². The molecule has 8 rings (SSSR count). The van der Waals surface area contributed by atoms with Gasteiger partial charge in [0, 0.05) is 27.8 Å². The zero-order valence-corrected chi connectivity index (χ0v) is 30.0. The quantitative estimate of drug-likeness (QED) is 0.128. The zero-order chi connectivity index (χ0) is 37.1. The number of nitrogens with zero attached hydrogens (tertiary/aromatic N) is 3. The molecule has 0 unspecified atom stereocenters. The molecule has 1 heterocycles. The van der Waals surface area contributed by atoms with Crippen LogP contribution in [0.5, 0.6) is 0 Å². The molecule has 3 N–H and O–H groups in total. The minimum atomic E-state index is 0.173. The van der Waals surface area contributed by atoms with Gasteiger partial charge < -0.3 is 5.73 Å². The number of aromatic nitrogens is 2. The number of nitrogens with two attached hydrogens (primary N) is 1. The van der Waals surface area contributed by atoms with E-state index in [4.69, 9.17) is 21.1 Å². The average molecular weight is 698 g/mol. The number of aliphatic imine (C=N–C) groups is 1. The Kier molecular flexibility index (Phi) is 11.0. The normalized spacial score (nSPS) is 10.9. The lowest BCUT2D eigenvalue weighted by Gasteiger charge is -2.11. The molecule has 54 heavy (non-hydrogen) atoms. The second kappa shape index (κ2) is 16.9. The number of rotatable bonds is 7. The summed E-state index contributed by atoms with van der Waals surface area (Å²) in [6.07, 6.45) is 0. The van der Waals surface area contributed by atoms with Crippen molar-refractivity contribution < 1.29 is 0 Å². The molecule has 0 spiro atoms. The van der Waals surface area contributed by atoms with Crippen LogP contribution < -0.4 is 5.73 Å². The van der Waals surface area contributed by atoms with Crippen LogP contribution >= 0.6 is 0 Å². The van der Waals surface area contributed by atoms with Crippen LogP contribution in [0.4, 0.5) is 0 Å². The highest BCUT2D eigenvalue weighted by Gasteiger charge is 2.12. The molecule has 8 aromatic rings. The minimum Gasteiger partial charge on any atom is -0.383 e. The van der Waals surface area contributed by atoms with Gasteiger partial charge in [0.2, 0.25) is 0 Å². The van der Waals surface area contributed by atoms with Crippen molar-refractivity contribution in [2.24, 2.45) is 10.7 Å². The first-order valence-corrected chi connectivity index (χ1v) is 17.8. The summed E-state index contributed by atoms with van der Waals surface area (Å²) in [6, 6.07) is 67.2. The Hall–Kier alpha value is -7.24. The van der Waals surface area contributed by atoms with E-state index in [1.807, 2.05) is 84.9 Å². The van der Waals surface area contributed by atoms with Gasteiger partial charge in [-0.15, -0.1) is 0 Å². The van der Waals surface area contributed by atoms with Gasteiger partial charge in [-0.1, -0.05) is 194 Å². The van der Waals surface area contributed by atoms with E-state index in [-0.39, 0.29) is 5.84 Å². The van der Waals surface area contributed by atoms with Crippen molar-refractivity contribution in [2.45, 2.75) is 6.92 Å². The maximum absolute atomic E-state index is 7.84. The summed E-state index contributed by atoms with van der Waals surface area (Å²) in [4.78, 5) is 14.1. The SMILES string of the molecule is Cc1ccccc1-c1ccc(-c2cc(-c3ccccc3)nc(-c3ccc(-c4ccccc4)cc3)n2)cc1.N=C(N=C(N)c1ccccc1)c1ccccc1. The summed E-state index contributed by atoms with van der Waals surface area (Å²) >= 11 is 0. The van der Waals surface area contributed by atoms with Gasteiger partial charge in [0.05, 0.1) is 11.4 Å². The predicted octanol–water partition coefficient (Wildman–Crippen LogP) is 11.5. The lowest BCUT2D eigenvalue weighted by atomic mass is 9.98. The minimum absolute atomic E-state index is 0.173. The van der Waals surface area contributed by atoms with Crippen LogP contribution in [0, 0.1) is 12.3 Å². The van der Waals surface area contributed by atoms with Crippen molar-refractivity contribution in [1.82, 2.24) is 9.97 Å².